The van der Waals surface area contributed by atoms with E-state index in [1.165, 1.54) is 13.2 Å². The van der Waals surface area contributed by atoms with Gasteiger partial charge in [0.15, 0.2) is 5.78 Å². The number of alkyl halides is 3. The van der Waals surface area contributed by atoms with E-state index in [0.29, 0.717) is 46.2 Å². The highest BCUT2D eigenvalue weighted by Gasteiger charge is 2.34. The zero-order valence-corrected chi connectivity index (χ0v) is 21.9. The van der Waals surface area contributed by atoms with E-state index in [9.17, 15) is 18.0 Å². The first-order valence-electron chi connectivity index (χ1n) is 12.1. The van der Waals surface area contributed by atoms with E-state index < -0.39 is 11.7 Å². The molecule has 38 heavy (non-hydrogen) atoms. The number of methoxy groups -OCH3 is 1. The Morgan fingerprint density at radius 1 is 1.05 bits per heavy atom. The Hall–Kier alpha value is -3.38. The summed E-state index contributed by atoms with van der Waals surface area (Å²) in [5.41, 5.74) is 1.10. The van der Waals surface area contributed by atoms with Gasteiger partial charge in [-0.25, -0.2) is 4.98 Å². The largest absolute Gasteiger partial charge is 0.480 e. The first kappa shape index (κ1) is 27.6. The highest BCUT2D eigenvalue weighted by atomic mass is 35.5. The number of ketones is 1. The van der Waals surface area contributed by atoms with Crippen molar-refractivity contribution >= 4 is 17.4 Å². The number of hydrogen-bond acceptors (Lipinski definition) is 5. The summed E-state index contributed by atoms with van der Waals surface area (Å²) in [5, 5.41) is 0.351. The molecule has 3 aromatic rings. The van der Waals surface area contributed by atoms with Crippen LogP contribution in [0.2, 0.25) is 5.02 Å². The number of Topliss-reactive ketones (excluding diaryl/α,β-unsaturated/α-hetero) is 1. The molecule has 0 saturated carbocycles. The number of nitrogens with zero attached hydrogens (tertiary/aromatic N) is 3. The molecule has 0 atom stereocenters. The van der Waals surface area contributed by atoms with Crippen LogP contribution in [0.1, 0.15) is 38.2 Å². The lowest BCUT2D eigenvalue weighted by Gasteiger charge is -2.33. The monoisotopic (exact) mass is 541 g/mol. The first-order chi connectivity index (χ1) is 18.1. The quantitative estimate of drug-likeness (QED) is 0.312. The molecule has 2 heterocycles. The van der Waals surface area contributed by atoms with E-state index in [1.54, 1.807) is 42.6 Å². The normalized spacial score (nSPS) is 14.6. The van der Waals surface area contributed by atoms with Gasteiger partial charge in [0.1, 0.15) is 0 Å². The Bertz CT molecular complexity index is 1370. The minimum atomic E-state index is -4.52. The van der Waals surface area contributed by atoms with Crippen LogP contribution in [0.25, 0.3) is 0 Å². The molecule has 0 radical (unpaired) electrons. The Morgan fingerprint density at radius 2 is 1.79 bits per heavy atom. The molecule has 0 spiro atoms. The van der Waals surface area contributed by atoms with Crippen molar-refractivity contribution in [2.75, 3.05) is 40.3 Å². The van der Waals surface area contributed by atoms with Crippen LogP contribution in [0.5, 0.6) is 5.88 Å². The minimum Gasteiger partial charge on any atom is -0.480 e. The Kier molecular flexibility index (Phi) is 8.72. The number of ether oxygens (including phenoxy) is 1. The Morgan fingerprint density at radius 3 is 2.50 bits per heavy atom. The summed E-state index contributed by atoms with van der Waals surface area (Å²) in [6, 6.07) is 12.3. The van der Waals surface area contributed by atoms with Gasteiger partial charge in [-0.3, -0.25) is 9.69 Å². The molecule has 0 amide bonds. The van der Waals surface area contributed by atoms with Gasteiger partial charge in [-0.15, -0.1) is 0 Å². The summed E-state index contributed by atoms with van der Waals surface area (Å²) in [7, 11) is 3.49. The van der Waals surface area contributed by atoms with Gasteiger partial charge in [-0.2, -0.15) is 13.2 Å². The predicted molar refractivity (Wildman–Crippen MR) is 140 cm³/mol. The number of carbonyl (C=O) groups is 1. The SMILES string of the molecule is COc1ncccc1C#Cc1cc(C(=O)Cc2ccc(CN3CCN(C)CC3)c(C(F)(F)F)c2)ccc1Cl. The van der Waals surface area contributed by atoms with Crippen molar-refractivity contribution in [3.63, 3.8) is 0 Å². The molecule has 198 valence electrons. The number of halogens is 4. The number of rotatable bonds is 6. The summed E-state index contributed by atoms with van der Waals surface area (Å²) in [4.78, 5) is 21.3. The molecular formula is C29H27ClF3N3O2. The number of carbonyl (C=O) groups excluding carboxylic acids is 1. The van der Waals surface area contributed by atoms with Crippen LogP contribution < -0.4 is 4.74 Å². The van der Waals surface area contributed by atoms with E-state index in [0.717, 1.165) is 19.2 Å². The second-order valence-corrected chi connectivity index (χ2v) is 9.58. The fourth-order valence-electron chi connectivity index (χ4n) is 4.25. The number of piperazine rings is 1. The molecule has 1 fully saturated rings. The summed E-state index contributed by atoms with van der Waals surface area (Å²) < 4.78 is 47.0. The van der Waals surface area contributed by atoms with Crippen LogP contribution in [-0.2, 0) is 19.1 Å². The molecule has 0 unspecified atom stereocenters. The van der Waals surface area contributed by atoms with Gasteiger partial charge in [-0.05, 0) is 54.6 Å². The molecule has 4 rings (SSSR count). The molecule has 1 aliphatic rings. The van der Waals surface area contributed by atoms with Gasteiger partial charge >= 0.3 is 6.18 Å². The molecular weight excluding hydrogens is 515 g/mol. The average Bonchev–Trinajstić information content (AvgIpc) is 2.90. The third kappa shape index (κ3) is 6.93. The lowest BCUT2D eigenvalue weighted by molar-refractivity contribution is -0.138. The van der Waals surface area contributed by atoms with E-state index in [2.05, 4.69) is 21.7 Å². The number of pyridine rings is 1. The molecule has 0 bridgehead atoms. The second-order valence-electron chi connectivity index (χ2n) is 9.17. The summed E-state index contributed by atoms with van der Waals surface area (Å²) >= 11 is 6.29. The predicted octanol–water partition coefficient (Wildman–Crippen LogP) is 5.34. The molecule has 1 aliphatic heterocycles. The average molecular weight is 542 g/mol. The standard InChI is InChI=1S/C29H27ClF3N3O2/c1-35-12-14-36(15-13-35)19-24-6-5-20(16-25(24)29(31,32)33)17-27(37)23-9-10-26(30)22(18-23)8-7-21-4-3-11-34-28(21)38-2/h3-6,9-11,16,18H,12-15,17,19H2,1-2H3. The molecule has 0 aliphatic carbocycles. The maximum atomic E-state index is 13.9. The van der Waals surface area contributed by atoms with Gasteiger partial charge in [0, 0.05) is 56.5 Å². The zero-order chi connectivity index (χ0) is 27.3. The topological polar surface area (TPSA) is 45.7 Å². The van der Waals surface area contributed by atoms with Crippen molar-refractivity contribution in [2.45, 2.75) is 19.1 Å². The number of benzene rings is 2. The van der Waals surface area contributed by atoms with Crippen molar-refractivity contribution in [1.82, 2.24) is 14.8 Å². The maximum absolute atomic E-state index is 13.9. The van der Waals surface area contributed by atoms with Crippen LogP contribution in [0.3, 0.4) is 0 Å². The smallest absolute Gasteiger partial charge is 0.416 e. The lowest BCUT2D eigenvalue weighted by Crippen LogP contribution is -2.44. The van der Waals surface area contributed by atoms with E-state index >= 15 is 0 Å². The Balaban J connectivity index is 1.54. The zero-order valence-electron chi connectivity index (χ0n) is 21.1. The molecule has 5 nitrogen and oxygen atoms in total. The Labute approximate surface area is 225 Å². The second kappa shape index (κ2) is 12.0. The number of hydrogen-bond donors (Lipinski definition) is 0. The molecule has 9 heteroatoms. The van der Waals surface area contributed by atoms with Crippen molar-refractivity contribution in [3.8, 4) is 17.7 Å². The molecule has 2 aromatic carbocycles. The van der Waals surface area contributed by atoms with Crippen molar-refractivity contribution < 1.29 is 22.7 Å². The highest BCUT2D eigenvalue weighted by Crippen LogP contribution is 2.34. The van der Waals surface area contributed by atoms with E-state index in [1.807, 2.05) is 11.9 Å². The van der Waals surface area contributed by atoms with Crippen LogP contribution in [0.15, 0.2) is 54.7 Å². The van der Waals surface area contributed by atoms with E-state index in [4.69, 9.17) is 16.3 Å². The summed E-state index contributed by atoms with van der Waals surface area (Å²) in [6.45, 7) is 3.28. The van der Waals surface area contributed by atoms with E-state index in [-0.39, 0.29) is 24.3 Å². The maximum Gasteiger partial charge on any atom is 0.416 e. The fraction of sp³-hybridized carbons (Fsp3) is 0.310. The van der Waals surface area contributed by atoms with Gasteiger partial charge in [-0.1, -0.05) is 35.6 Å². The van der Waals surface area contributed by atoms with Gasteiger partial charge < -0.3 is 9.64 Å². The summed E-state index contributed by atoms with van der Waals surface area (Å²) in [6.07, 6.45) is -3.11. The van der Waals surface area contributed by atoms with Crippen LogP contribution in [-0.4, -0.2) is 60.9 Å². The van der Waals surface area contributed by atoms with Gasteiger partial charge in [0.2, 0.25) is 5.88 Å². The van der Waals surface area contributed by atoms with Crippen molar-refractivity contribution in [1.29, 1.82) is 0 Å². The molecule has 1 aromatic heterocycles. The third-order valence-corrected chi connectivity index (χ3v) is 6.75. The van der Waals surface area contributed by atoms with Crippen LogP contribution >= 0.6 is 11.6 Å². The molecule has 0 N–H and O–H groups in total. The van der Waals surface area contributed by atoms with Crippen molar-refractivity contribution in [2.24, 2.45) is 0 Å². The summed E-state index contributed by atoms with van der Waals surface area (Å²) in [5.74, 6) is 5.90. The third-order valence-electron chi connectivity index (χ3n) is 6.42. The number of aromatic nitrogens is 1. The van der Waals surface area contributed by atoms with Crippen molar-refractivity contribution in [3.05, 3.63) is 93.1 Å². The van der Waals surface area contributed by atoms with Crippen LogP contribution in [0.4, 0.5) is 13.2 Å². The first-order valence-corrected chi connectivity index (χ1v) is 12.5. The van der Waals surface area contributed by atoms with Gasteiger partial charge in [0.05, 0.1) is 23.3 Å². The lowest BCUT2D eigenvalue weighted by atomic mass is 9.97. The minimum absolute atomic E-state index is 0.178. The highest BCUT2D eigenvalue weighted by molar-refractivity contribution is 6.31. The fourth-order valence-corrected chi connectivity index (χ4v) is 4.41. The van der Waals surface area contributed by atoms with Crippen LogP contribution in [0, 0.1) is 11.8 Å². The van der Waals surface area contributed by atoms with Gasteiger partial charge in [0.25, 0.3) is 0 Å². The molecule has 1 saturated heterocycles. The number of likely N-dealkylation sites (N-methyl/N-ethyl adjacent to an activating group) is 1.